The second-order valence-corrected chi connectivity index (χ2v) is 5.17. The third kappa shape index (κ3) is 2.20. The number of hydrogen-bond donors (Lipinski definition) is 0. The minimum absolute atomic E-state index is 0.676. The summed E-state index contributed by atoms with van der Waals surface area (Å²) in [5.74, 6) is 2.77. The van der Waals surface area contributed by atoms with Crippen molar-refractivity contribution < 1.29 is 0 Å². The molecule has 0 radical (unpaired) electrons. The van der Waals surface area contributed by atoms with Gasteiger partial charge in [0.05, 0.1) is 5.02 Å². The van der Waals surface area contributed by atoms with Crippen LogP contribution in [-0.2, 0) is 6.54 Å². The van der Waals surface area contributed by atoms with E-state index in [0.29, 0.717) is 10.9 Å². The molecule has 0 aromatic carbocycles. The molecule has 18 heavy (non-hydrogen) atoms. The summed E-state index contributed by atoms with van der Waals surface area (Å²) in [6.07, 6.45) is 5.59. The molecule has 1 saturated heterocycles. The third-order valence-electron chi connectivity index (χ3n) is 3.37. The Morgan fingerprint density at radius 3 is 2.78 bits per heavy atom. The van der Waals surface area contributed by atoms with Crippen LogP contribution in [0.4, 0.5) is 5.82 Å². The Balaban J connectivity index is 1.57. The maximum absolute atomic E-state index is 5.83. The van der Waals surface area contributed by atoms with Crippen LogP contribution in [0.25, 0.3) is 0 Å². The summed E-state index contributed by atoms with van der Waals surface area (Å²) in [5.41, 5.74) is 0. The average molecular weight is 263 g/mol. The molecular formula is C13H15ClN4. The van der Waals surface area contributed by atoms with Gasteiger partial charge in [-0.1, -0.05) is 11.6 Å². The summed E-state index contributed by atoms with van der Waals surface area (Å²) in [6.45, 7) is 5.17. The minimum Gasteiger partial charge on any atom is -0.356 e. The van der Waals surface area contributed by atoms with Gasteiger partial charge >= 0.3 is 0 Å². The normalized spacial score (nSPS) is 15.8. The largest absolute Gasteiger partial charge is 0.356 e. The molecule has 1 aliphatic rings. The second-order valence-electron chi connectivity index (χ2n) is 4.73. The molecule has 0 bridgehead atoms. The maximum atomic E-state index is 5.83. The van der Waals surface area contributed by atoms with E-state index in [1.54, 1.807) is 6.20 Å². The fourth-order valence-corrected chi connectivity index (χ4v) is 2.41. The van der Waals surface area contributed by atoms with Gasteiger partial charge in [0, 0.05) is 44.1 Å². The van der Waals surface area contributed by atoms with Crippen LogP contribution in [-0.4, -0.2) is 27.6 Å². The first-order chi connectivity index (χ1) is 8.72. The third-order valence-corrected chi connectivity index (χ3v) is 3.60. The molecular weight excluding hydrogens is 248 g/mol. The summed E-state index contributed by atoms with van der Waals surface area (Å²) in [4.78, 5) is 10.8. The van der Waals surface area contributed by atoms with Crippen LogP contribution in [0.1, 0.15) is 5.82 Å². The molecule has 2 aromatic rings. The van der Waals surface area contributed by atoms with Crippen LogP contribution in [0.3, 0.4) is 0 Å². The van der Waals surface area contributed by atoms with Crippen molar-refractivity contribution in [2.24, 2.45) is 5.92 Å². The van der Waals surface area contributed by atoms with E-state index >= 15 is 0 Å². The predicted octanol–water partition coefficient (Wildman–Crippen LogP) is 2.38. The smallest absolute Gasteiger partial charge is 0.128 e. The number of anilines is 1. The lowest BCUT2D eigenvalue weighted by molar-refractivity contribution is 0.352. The Bertz CT molecular complexity index is 528. The molecule has 3 rings (SSSR count). The van der Waals surface area contributed by atoms with Gasteiger partial charge in [-0.25, -0.2) is 9.97 Å². The Hall–Kier alpha value is -1.55. The molecule has 2 aromatic heterocycles. The van der Waals surface area contributed by atoms with E-state index in [-0.39, 0.29) is 0 Å². The lowest BCUT2D eigenvalue weighted by Gasteiger charge is -2.40. The van der Waals surface area contributed by atoms with Crippen LogP contribution in [0.2, 0.25) is 5.02 Å². The molecule has 94 valence electrons. The standard InChI is InChI=1S/C13H15ClN4/c1-10-15-4-5-17(10)7-11-8-18(9-11)13-3-2-12(14)6-16-13/h2-6,11H,7-9H2,1H3. The van der Waals surface area contributed by atoms with Gasteiger partial charge in [0.15, 0.2) is 0 Å². The van der Waals surface area contributed by atoms with Crippen molar-refractivity contribution in [2.75, 3.05) is 18.0 Å². The van der Waals surface area contributed by atoms with Crippen LogP contribution >= 0.6 is 11.6 Å². The molecule has 4 nitrogen and oxygen atoms in total. The van der Waals surface area contributed by atoms with E-state index in [9.17, 15) is 0 Å². The van der Waals surface area contributed by atoms with Gasteiger partial charge < -0.3 is 9.47 Å². The van der Waals surface area contributed by atoms with Gasteiger partial charge in [0.1, 0.15) is 11.6 Å². The molecule has 1 aliphatic heterocycles. The number of hydrogen-bond acceptors (Lipinski definition) is 3. The van der Waals surface area contributed by atoms with E-state index in [4.69, 9.17) is 11.6 Å². The molecule has 0 spiro atoms. The van der Waals surface area contributed by atoms with Crippen LogP contribution in [0.15, 0.2) is 30.7 Å². The Kier molecular flexibility index (Phi) is 2.96. The Morgan fingerprint density at radius 2 is 2.17 bits per heavy atom. The van der Waals surface area contributed by atoms with E-state index in [0.717, 1.165) is 31.3 Å². The zero-order valence-electron chi connectivity index (χ0n) is 10.3. The maximum Gasteiger partial charge on any atom is 0.128 e. The van der Waals surface area contributed by atoms with Gasteiger partial charge in [0.25, 0.3) is 0 Å². The summed E-state index contributed by atoms with van der Waals surface area (Å²) in [5, 5.41) is 0.685. The summed E-state index contributed by atoms with van der Waals surface area (Å²) >= 11 is 5.83. The molecule has 5 heteroatoms. The number of aromatic nitrogens is 3. The van der Waals surface area contributed by atoms with Crippen molar-refractivity contribution >= 4 is 17.4 Å². The van der Waals surface area contributed by atoms with Crippen molar-refractivity contribution in [2.45, 2.75) is 13.5 Å². The van der Waals surface area contributed by atoms with Crippen LogP contribution in [0.5, 0.6) is 0 Å². The van der Waals surface area contributed by atoms with Gasteiger partial charge in [-0.15, -0.1) is 0 Å². The van der Waals surface area contributed by atoms with Crippen molar-refractivity contribution in [3.8, 4) is 0 Å². The number of aryl methyl sites for hydroxylation is 1. The lowest BCUT2D eigenvalue weighted by atomic mass is 10.00. The zero-order chi connectivity index (χ0) is 12.5. The zero-order valence-corrected chi connectivity index (χ0v) is 11.0. The first kappa shape index (κ1) is 11.5. The highest BCUT2D eigenvalue weighted by Crippen LogP contribution is 2.24. The molecule has 0 saturated carbocycles. The van der Waals surface area contributed by atoms with E-state index < -0.39 is 0 Å². The fourth-order valence-electron chi connectivity index (χ4n) is 2.30. The van der Waals surface area contributed by atoms with E-state index in [1.807, 2.05) is 31.5 Å². The lowest BCUT2D eigenvalue weighted by Crippen LogP contribution is -2.48. The van der Waals surface area contributed by atoms with Crippen molar-refractivity contribution in [3.63, 3.8) is 0 Å². The SMILES string of the molecule is Cc1nccn1CC1CN(c2ccc(Cl)cn2)C1. The highest BCUT2D eigenvalue weighted by molar-refractivity contribution is 6.30. The fraction of sp³-hybridized carbons (Fsp3) is 0.385. The van der Waals surface area contributed by atoms with Crippen LogP contribution in [0, 0.1) is 12.8 Å². The minimum atomic E-state index is 0.676. The summed E-state index contributed by atoms with van der Waals surface area (Å²) in [6, 6.07) is 3.86. The quantitative estimate of drug-likeness (QED) is 0.852. The number of halogens is 1. The van der Waals surface area contributed by atoms with Crippen molar-refractivity contribution in [3.05, 3.63) is 41.6 Å². The van der Waals surface area contributed by atoms with Gasteiger partial charge in [-0.3, -0.25) is 0 Å². The molecule has 0 unspecified atom stereocenters. The Morgan fingerprint density at radius 1 is 1.33 bits per heavy atom. The molecule has 0 atom stereocenters. The molecule has 0 N–H and O–H groups in total. The van der Waals surface area contributed by atoms with E-state index in [2.05, 4.69) is 19.4 Å². The highest BCUT2D eigenvalue weighted by Gasteiger charge is 2.28. The monoisotopic (exact) mass is 262 g/mol. The number of nitrogens with zero attached hydrogens (tertiary/aromatic N) is 4. The van der Waals surface area contributed by atoms with E-state index in [1.165, 1.54) is 0 Å². The van der Waals surface area contributed by atoms with Gasteiger partial charge in [-0.05, 0) is 19.1 Å². The Labute approximate surface area is 111 Å². The molecule has 1 fully saturated rings. The van der Waals surface area contributed by atoms with Gasteiger partial charge in [-0.2, -0.15) is 0 Å². The van der Waals surface area contributed by atoms with Gasteiger partial charge in [0.2, 0.25) is 0 Å². The van der Waals surface area contributed by atoms with Crippen LogP contribution < -0.4 is 4.90 Å². The number of rotatable bonds is 3. The number of imidazole rings is 1. The average Bonchev–Trinajstić information content (AvgIpc) is 2.71. The number of pyridine rings is 1. The van der Waals surface area contributed by atoms with Crippen molar-refractivity contribution in [1.29, 1.82) is 0 Å². The first-order valence-corrected chi connectivity index (χ1v) is 6.44. The first-order valence-electron chi connectivity index (χ1n) is 6.06. The summed E-state index contributed by atoms with van der Waals surface area (Å²) < 4.78 is 2.21. The summed E-state index contributed by atoms with van der Waals surface area (Å²) in [7, 11) is 0. The van der Waals surface area contributed by atoms with Crippen molar-refractivity contribution in [1.82, 2.24) is 14.5 Å². The highest BCUT2D eigenvalue weighted by atomic mass is 35.5. The second kappa shape index (κ2) is 4.61. The molecule has 0 aliphatic carbocycles. The molecule has 3 heterocycles. The molecule has 0 amide bonds. The topological polar surface area (TPSA) is 34.0 Å². The predicted molar refractivity (Wildman–Crippen MR) is 71.9 cm³/mol.